The predicted molar refractivity (Wildman–Crippen MR) is 72.0 cm³/mol. The lowest BCUT2D eigenvalue weighted by molar-refractivity contribution is 0.318. The van der Waals surface area contributed by atoms with E-state index >= 15 is 0 Å². The second kappa shape index (κ2) is 5.71. The third kappa shape index (κ3) is 3.46. The first-order chi connectivity index (χ1) is 8.25. The van der Waals surface area contributed by atoms with E-state index in [9.17, 15) is 13.5 Å². The molecule has 0 aliphatic carbocycles. The van der Waals surface area contributed by atoms with Gasteiger partial charge in [-0.05, 0) is 38.0 Å². The Balaban J connectivity index is 3.17. The highest BCUT2D eigenvalue weighted by Gasteiger charge is 2.27. The molecule has 1 rings (SSSR count). The van der Waals surface area contributed by atoms with E-state index in [1.807, 2.05) is 27.7 Å². The zero-order valence-corrected chi connectivity index (χ0v) is 12.1. The van der Waals surface area contributed by atoms with Gasteiger partial charge in [0.1, 0.15) is 5.75 Å². The van der Waals surface area contributed by atoms with E-state index in [4.69, 9.17) is 0 Å². The van der Waals surface area contributed by atoms with Crippen molar-refractivity contribution < 1.29 is 13.5 Å². The van der Waals surface area contributed by atoms with Crippen LogP contribution in [-0.4, -0.2) is 30.4 Å². The average Bonchev–Trinajstić information content (AvgIpc) is 2.25. The lowest BCUT2D eigenvalue weighted by Crippen LogP contribution is -2.39. The summed E-state index contributed by atoms with van der Waals surface area (Å²) in [6.07, 6.45) is 0. The van der Waals surface area contributed by atoms with Crippen molar-refractivity contribution in [3.63, 3.8) is 0 Å². The van der Waals surface area contributed by atoms with Gasteiger partial charge in [0.15, 0.2) is 0 Å². The monoisotopic (exact) mass is 271 g/mol. The van der Waals surface area contributed by atoms with Crippen LogP contribution in [0.2, 0.25) is 0 Å². The number of aromatic hydroxyl groups is 1. The van der Waals surface area contributed by atoms with E-state index in [2.05, 4.69) is 0 Å². The Kier molecular flexibility index (Phi) is 4.76. The number of phenolic OH excluding ortho intramolecular Hbond substituents is 1. The molecule has 5 heteroatoms. The second-order valence-corrected chi connectivity index (χ2v) is 6.95. The van der Waals surface area contributed by atoms with Crippen LogP contribution in [0.5, 0.6) is 5.75 Å². The van der Waals surface area contributed by atoms with Crippen LogP contribution in [0.15, 0.2) is 29.2 Å². The third-order valence-electron chi connectivity index (χ3n) is 2.55. The molecular formula is C13H21NO3S. The number of nitrogens with zero attached hydrogens (tertiary/aromatic N) is 1. The highest BCUT2D eigenvalue weighted by Crippen LogP contribution is 2.22. The van der Waals surface area contributed by atoms with Crippen LogP contribution in [0, 0.1) is 5.92 Å². The summed E-state index contributed by atoms with van der Waals surface area (Å²) in [5.41, 5.74) is 0. The highest BCUT2D eigenvalue weighted by molar-refractivity contribution is 7.89. The zero-order valence-electron chi connectivity index (χ0n) is 11.3. The molecule has 4 nitrogen and oxygen atoms in total. The van der Waals surface area contributed by atoms with E-state index in [1.54, 1.807) is 0 Å². The summed E-state index contributed by atoms with van der Waals surface area (Å²) >= 11 is 0. The molecule has 0 bridgehead atoms. The van der Waals surface area contributed by atoms with Crippen LogP contribution in [0.4, 0.5) is 0 Å². The lowest BCUT2D eigenvalue weighted by Gasteiger charge is -2.27. The minimum Gasteiger partial charge on any atom is -0.508 e. The number of benzene rings is 1. The fraction of sp³-hybridized carbons (Fsp3) is 0.538. The molecule has 0 saturated heterocycles. The van der Waals surface area contributed by atoms with Crippen molar-refractivity contribution in [1.29, 1.82) is 0 Å². The average molecular weight is 271 g/mol. The van der Waals surface area contributed by atoms with E-state index in [0.717, 1.165) is 0 Å². The minimum atomic E-state index is -3.54. The zero-order chi connectivity index (χ0) is 13.9. The lowest BCUT2D eigenvalue weighted by atomic mass is 10.2. The SMILES string of the molecule is CC(C)CN(C(C)C)S(=O)(=O)c1cccc(O)c1. The topological polar surface area (TPSA) is 57.6 Å². The normalized spacial score (nSPS) is 12.6. The minimum absolute atomic E-state index is 0.0377. The first-order valence-corrected chi connectivity index (χ1v) is 7.50. The Bertz CT molecular complexity index is 495. The van der Waals surface area contributed by atoms with Gasteiger partial charge in [-0.15, -0.1) is 0 Å². The van der Waals surface area contributed by atoms with Gasteiger partial charge in [-0.2, -0.15) is 4.31 Å². The van der Waals surface area contributed by atoms with Gasteiger partial charge < -0.3 is 5.11 Å². The largest absolute Gasteiger partial charge is 0.508 e. The van der Waals surface area contributed by atoms with Crippen LogP contribution >= 0.6 is 0 Å². The molecule has 0 saturated carbocycles. The summed E-state index contributed by atoms with van der Waals surface area (Å²) in [7, 11) is -3.54. The van der Waals surface area contributed by atoms with Crippen LogP contribution < -0.4 is 0 Å². The quantitative estimate of drug-likeness (QED) is 0.895. The molecule has 0 aromatic heterocycles. The van der Waals surface area contributed by atoms with Gasteiger partial charge in [0.05, 0.1) is 4.90 Å². The standard InChI is InChI=1S/C13H21NO3S/c1-10(2)9-14(11(3)4)18(16,17)13-7-5-6-12(15)8-13/h5-8,10-11,15H,9H2,1-4H3. The molecule has 102 valence electrons. The summed E-state index contributed by atoms with van der Waals surface area (Å²) in [5, 5.41) is 9.40. The van der Waals surface area contributed by atoms with Crippen LogP contribution in [0.1, 0.15) is 27.7 Å². The van der Waals surface area contributed by atoms with Crippen molar-refractivity contribution >= 4 is 10.0 Å². The van der Waals surface area contributed by atoms with Gasteiger partial charge in [-0.1, -0.05) is 19.9 Å². The number of phenols is 1. The molecule has 1 aromatic rings. The fourth-order valence-electron chi connectivity index (χ4n) is 1.73. The summed E-state index contributed by atoms with van der Waals surface area (Å²) in [4.78, 5) is 0.136. The number of rotatable bonds is 5. The molecule has 18 heavy (non-hydrogen) atoms. The molecule has 0 aliphatic heterocycles. The molecule has 0 aliphatic rings. The predicted octanol–water partition coefficient (Wildman–Crippen LogP) is 2.45. The van der Waals surface area contributed by atoms with Crippen molar-refractivity contribution in [3.05, 3.63) is 24.3 Å². The maximum absolute atomic E-state index is 12.5. The first-order valence-electron chi connectivity index (χ1n) is 6.06. The maximum atomic E-state index is 12.5. The molecule has 0 atom stereocenters. The first kappa shape index (κ1) is 15.0. The molecule has 0 unspecified atom stereocenters. The van der Waals surface area contributed by atoms with Gasteiger partial charge in [0.25, 0.3) is 0 Å². The molecule has 1 aromatic carbocycles. The summed E-state index contributed by atoms with van der Waals surface area (Å²) in [6, 6.07) is 5.67. The molecule has 0 amide bonds. The van der Waals surface area contributed by atoms with E-state index in [1.165, 1.54) is 28.6 Å². The van der Waals surface area contributed by atoms with Gasteiger partial charge in [-0.25, -0.2) is 8.42 Å². The summed E-state index contributed by atoms with van der Waals surface area (Å²) in [6.45, 7) is 8.13. The van der Waals surface area contributed by atoms with Crippen molar-refractivity contribution in [2.24, 2.45) is 5.92 Å². The number of sulfonamides is 1. The third-order valence-corrected chi connectivity index (χ3v) is 4.58. The van der Waals surface area contributed by atoms with Crippen molar-refractivity contribution in [2.75, 3.05) is 6.54 Å². The van der Waals surface area contributed by atoms with Crippen LogP contribution in [0.25, 0.3) is 0 Å². The Hall–Kier alpha value is -1.07. The fourth-order valence-corrected chi connectivity index (χ4v) is 3.57. The summed E-state index contributed by atoms with van der Waals surface area (Å²) in [5.74, 6) is 0.212. The Morgan fingerprint density at radius 3 is 2.28 bits per heavy atom. The number of hydrogen-bond donors (Lipinski definition) is 1. The van der Waals surface area contributed by atoms with Crippen molar-refractivity contribution in [2.45, 2.75) is 38.6 Å². The molecular weight excluding hydrogens is 250 g/mol. The molecule has 0 fully saturated rings. The van der Waals surface area contributed by atoms with E-state index in [0.29, 0.717) is 6.54 Å². The smallest absolute Gasteiger partial charge is 0.243 e. The van der Waals surface area contributed by atoms with E-state index in [-0.39, 0.29) is 22.6 Å². The van der Waals surface area contributed by atoms with Gasteiger partial charge in [-0.3, -0.25) is 0 Å². The summed E-state index contributed by atoms with van der Waals surface area (Å²) < 4.78 is 26.4. The van der Waals surface area contributed by atoms with Gasteiger partial charge in [0.2, 0.25) is 10.0 Å². The van der Waals surface area contributed by atoms with Crippen LogP contribution in [-0.2, 0) is 10.0 Å². The molecule has 0 heterocycles. The van der Waals surface area contributed by atoms with Gasteiger partial charge in [0, 0.05) is 12.6 Å². The number of hydrogen-bond acceptors (Lipinski definition) is 3. The van der Waals surface area contributed by atoms with Gasteiger partial charge >= 0.3 is 0 Å². The highest BCUT2D eigenvalue weighted by atomic mass is 32.2. The Labute approximate surface area is 109 Å². The van der Waals surface area contributed by atoms with Crippen molar-refractivity contribution in [1.82, 2.24) is 4.31 Å². The Morgan fingerprint density at radius 1 is 1.22 bits per heavy atom. The second-order valence-electron chi connectivity index (χ2n) is 5.06. The molecule has 1 N–H and O–H groups in total. The van der Waals surface area contributed by atoms with Crippen LogP contribution in [0.3, 0.4) is 0 Å². The molecule has 0 spiro atoms. The van der Waals surface area contributed by atoms with E-state index < -0.39 is 10.0 Å². The van der Waals surface area contributed by atoms with Crippen molar-refractivity contribution in [3.8, 4) is 5.75 Å². The maximum Gasteiger partial charge on any atom is 0.243 e. The molecule has 0 radical (unpaired) electrons. The Morgan fingerprint density at radius 2 is 1.83 bits per heavy atom.